The molecule has 1 aromatic carbocycles. The minimum absolute atomic E-state index is 0.131. The number of halogens is 1. The Morgan fingerprint density at radius 3 is 2.81 bits per heavy atom. The number of nitrogens with zero attached hydrogens (tertiary/aromatic N) is 1. The van der Waals surface area contributed by atoms with Crippen molar-refractivity contribution in [3.8, 4) is 0 Å². The number of rotatable bonds is 4. The minimum Gasteiger partial charge on any atom is -0.452 e. The van der Waals surface area contributed by atoms with Crippen molar-refractivity contribution in [1.29, 1.82) is 0 Å². The summed E-state index contributed by atoms with van der Waals surface area (Å²) in [5.74, 6) is -1.94. The van der Waals surface area contributed by atoms with Crippen LogP contribution in [-0.2, 0) is 19.1 Å². The van der Waals surface area contributed by atoms with Crippen LogP contribution >= 0.6 is 0 Å². The van der Waals surface area contributed by atoms with E-state index in [-0.39, 0.29) is 18.7 Å². The molecule has 1 heterocycles. The molecule has 1 fully saturated rings. The van der Waals surface area contributed by atoms with Crippen LogP contribution in [0.5, 0.6) is 0 Å². The number of benzene rings is 1. The highest BCUT2D eigenvalue weighted by Crippen LogP contribution is 2.08. The van der Waals surface area contributed by atoms with E-state index >= 15 is 0 Å². The van der Waals surface area contributed by atoms with E-state index in [0.29, 0.717) is 0 Å². The molecule has 0 unspecified atom stereocenters. The molecule has 0 bridgehead atoms. The Morgan fingerprint density at radius 2 is 2.14 bits per heavy atom. The normalized spacial score (nSPS) is 14.3. The Hall–Kier alpha value is -2.70. The van der Waals surface area contributed by atoms with Crippen LogP contribution < -0.4 is 0 Å². The number of carbonyl (C=O) groups is 3. The summed E-state index contributed by atoms with van der Waals surface area (Å²) in [7, 11) is 0. The topological polar surface area (TPSA) is 72.9 Å². The first-order valence-electron chi connectivity index (χ1n) is 6.14. The first kappa shape index (κ1) is 14.7. The van der Waals surface area contributed by atoms with Crippen molar-refractivity contribution in [2.45, 2.75) is 0 Å². The molecule has 0 atom stereocenters. The molecule has 0 spiro atoms. The van der Waals surface area contributed by atoms with Crippen molar-refractivity contribution >= 4 is 24.0 Å². The molecule has 2 rings (SSSR count). The first-order chi connectivity index (χ1) is 10.1. The second-order valence-electron chi connectivity index (χ2n) is 4.12. The van der Waals surface area contributed by atoms with Gasteiger partial charge in [-0.1, -0.05) is 18.2 Å². The quantitative estimate of drug-likeness (QED) is 0.619. The summed E-state index contributed by atoms with van der Waals surface area (Å²) >= 11 is 0. The van der Waals surface area contributed by atoms with Crippen LogP contribution in [0.1, 0.15) is 5.56 Å². The summed E-state index contributed by atoms with van der Waals surface area (Å²) < 4.78 is 22.5. The molecule has 0 radical (unpaired) electrons. The van der Waals surface area contributed by atoms with E-state index in [0.717, 1.165) is 11.0 Å². The predicted molar refractivity (Wildman–Crippen MR) is 69.5 cm³/mol. The summed E-state index contributed by atoms with van der Waals surface area (Å²) in [6, 6.07) is 5.90. The molecular formula is C14H12FNO5. The van der Waals surface area contributed by atoms with Crippen LogP contribution in [0.3, 0.4) is 0 Å². The number of esters is 1. The maximum Gasteiger partial charge on any atom is 0.416 e. The van der Waals surface area contributed by atoms with Crippen molar-refractivity contribution in [2.24, 2.45) is 0 Å². The van der Waals surface area contributed by atoms with Gasteiger partial charge >= 0.3 is 12.1 Å². The fourth-order valence-electron chi connectivity index (χ4n) is 1.65. The second kappa shape index (κ2) is 6.65. The zero-order valence-corrected chi connectivity index (χ0v) is 11.0. The molecule has 0 saturated carbocycles. The van der Waals surface area contributed by atoms with Gasteiger partial charge in [-0.15, -0.1) is 0 Å². The fraction of sp³-hybridized carbons (Fsp3) is 0.214. The molecule has 110 valence electrons. The number of cyclic esters (lactones) is 1. The number of amides is 2. The lowest BCUT2D eigenvalue weighted by molar-refractivity contribution is -0.146. The number of carbonyl (C=O) groups excluding carboxylic acids is 3. The summed E-state index contributed by atoms with van der Waals surface area (Å²) in [4.78, 5) is 34.9. The van der Waals surface area contributed by atoms with Crippen LogP contribution in [0.25, 0.3) is 6.08 Å². The SMILES string of the molecule is O=C(/C=C/c1ccccc1F)OCC(=O)N1CCOC1=O. The van der Waals surface area contributed by atoms with Gasteiger partial charge in [-0.3, -0.25) is 4.79 Å². The van der Waals surface area contributed by atoms with Gasteiger partial charge in [-0.05, 0) is 12.1 Å². The van der Waals surface area contributed by atoms with Crippen molar-refractivity contribution in [2.75, 3.05) is 19.8 Å². The molecule has 7 heteroatoms. The smallest absolute Gasteiger partial charge is 0.416 e. The van der Waals surface area contributed by atoms with E-state index < -0.39 is 30.4 Å². The average molecular weight is 293 g/mol. The molecule has 0 aromatic heterocycles. The van der Waals surface area contributed by atoms with Crippen LogP contribution in [0, 0.1) is 5.82 Å². The Balaban J connectivity index is 1.84. The van der Waals surface area contributed by atoms with Crippen molar-refractivity contribution in [3.63, 3.8) is 0 Å². The van der Waals surface area contributed by atoms with Crippen LogP contribution in [0.15, 0.2) is 30.3 Å². The largest absolute Gasteiger partial charge is 0.452 e. The third-order valence-corrected chi connectivity index (χ3v) is 2.70. The van der Waals surface area contributed by atoms with Crippen molar-refractivity contribution < 1.29 is 28.2 Å². The van der Waals surface area contributed by atoms with Gasteiger partial charge < -0.3 is 9.47 Å². The van der Waals surface area contributed by atoms with E-state index in [9.17, 15) is 18.8 Å². The van der Waals surface area contributed by atoms with E-state index in [1.165, 1.54) is 24.3 Å². The predicted octanol–water partition coefficient (Wildman–Crippen LogP) is 1.36. The second-order valence-corrected chi connectivity index (χ2v) is 4.12. The van der Waals surface area contributed by atoms with Gasteiger partial charge in [0.1, 0.15) is 12.4 Å². The van der Waals surface area contributed by atoms with E-state index in [2.05, 4.69) is 9.47 Å². The Morgan fingerprint density at radius 1 is 1.38 bits per heavy atom. The Labute approximate surface area is 119 Å². The Kier molecular flexibility index (Phi) is 4.65. The fourth-order valence-corrected chi connectivity index (χ4v) is 1.65. The maximum absolute atomic E-state index is 13.3. The Bertz CT molecular complexity index is 599. The highest BCUT2D eigenvalue weighted by Gasteiger charge is 2.28. The van der Waals surface area contributed by atoms with Crippen LogP contribution in [-0.4, -0.2) is 42.6 Å². The third-order valence-electron chi connectivity index (χ3n) is 2.70. The van der Waals surface area contributed by atoms with E-state index in [1.54, 1.807) is 6.07 Å². The van der Waals surface area contributed by atoms with Gasteiger partial charge in [-0.2, -0.15) is 0 Å². The first-order valence-corrected chi connectivity index (χ1v) is 6.14. The molecule has 2 amide bonds. The molecule has 0 aliphatic carbocycles. The van der Waals surface area contributed by atoms with Gasteiger partial charge in [0.15, 0.2) is 6.61 Å². The summed E-state index contributed by atoms with van der Waals surface area (Å²) in [5, 5.41) is 0. The maximum atomic E-state index is 13.3. The number of ether oxygens (including phenoxy) is 2. The standard InChI is InChI=1S/C14H12FNO5/c15-11-4-2-1-3-10(11)5-6-13(18)21-9-12(17)16-7-8-20-14(16)19/h1-6H,7-9H2/b6-5+. The number of imide groups is 1. The highest BCUT2D eigenvalue weighted by molar-refractivity contribution is 5.95. The van der Waals surface area contributed by atoms with Crippen molar-refractivity contribution in [1.82, 2.24) is 4.90 Å². The molecule has 0 N–H and O–H groups in total. The van der Waals surface area contributed by atoms with Gasteiger partial charge in [-0.25, -0.2) is 18.9 Å². The summed E-state index contributed by atoms with van der Waals surface area (Å²) in [6.45, 7) is -0.304. The van der Waals surface area contributed by atoms with Gasteiger partial charge in [0.25, 0.3) is 5.91 Å². The summed E-state index contributed by atoms with van der Waals surface area (Å²) in [5.41, 5.74) is 0.226. The van der Waals surface area contributed by atoms with Crippen molar-refractivity contribution in [3.05, 3.63) is 41.7 Å². The zero-order valence-electron chi connectivity index (χ0n) is 11.0. The van der Waals surface area contributed by atoms with E-state index in [1.807, 2.05) is 0 Å². The monoisotopic (exact) mass is 293 g/mol. The molecule has 1 aliphatic heterocycles. The molecular weight excluding hydrogens is 281 g/mol. The van der Waals surface area contributed by atoms with E-state index in [4.69, 9.17) is 0 Å². The lowest BCUT2D eigenvalue weighted by Gasteiger charge is -2.09. The minimum atomic E-state index is -0.806. The average Bonchev–Trinajstić information content (AvgIpc) is 2.90. The van der Waals surface area contributed by atoms with Gasteiger partial charge in [0, 0.05) is 11.6 Å². The highest BCUT2D eigenvalue weighted by atomic mass is 19.1. The molecule has 1 saturated heterocycles. The van der Waals surface area contributed by atoms with Crippen LogP contribution in [0.4, 0.5) is 9.18 Å². The molecule has 6 nitrogen and oxygen atoms in total. The molecule has 21 heavy (non-hydrogen) atoms. The zero-order chi connectivity index (χ0) is 15.2. The van der Waals surface area contributed by atoms with Crippen LogP contribution in [0.2, 0.25) is 0 Å². The number of hydrogen-bond donors (Lipinski definition) is 0. The molecule has 1 aliphatic rings. The number of hydrogen-bond acceptors (Lipinski definition) is 5. The summed E-state index contributed by atoms with van der Waals surface area (Å²) in [6.07, 6.45) is 1.50. The molecule has 1 aromatic rings. The van der Waals surface area contributed by atoms with Gasteiger partial charge in [0.2, 0.25) is 0 Å². The lowest BCUT2D eigenvalue weighted by atomic mass is 10.2. The lowest BCUT2D eigenvalue weighted by Crippen LogP contribution is -2.35. The van der Waals surface area contributed by atoms with Gasteiger partial charge in [0.05, 0.1) is 6.54 Å². The third kappa shape index (κ3) is 3.88.